The SMILES string of the molecule is CCCCc1ccc(-c2ccc(OCCC(C#N)CC)cc2)nc1. The minimum Gasteiger partial charge on any atom is -0.494 e. The van der Waals surface area contributed by atoms with E-state index in [1.54, 1.807) is 0 Å². The highest BCUT2D eigenvalue weighted by Crippen LogP contribution is 2.21. The van der Waals surface area contributed by atoms with Crippen molar-refractivity contribution in [3.8, 4) is 23.1 Å². The average molecular weight is 322 g/mol. The van der Waals surface area contributed by atoms with Crippen molar-refractivity contribution in [2.45, 2.75) is 46.0 Å². The van der Waals surface area contributed by atoms with E-state index in [1.807, 2.05) is 37.4 Å². The molecule has 126 valence electrons. The lowest BCUT2D eigenvalue weighted by Gasteiger charge is -2.09. The molecular weight excluding hydrogens is 296 g/mol. The van der Waals surface area contributed by atoms with Crippen LogP contribution in [-0.4, -0.2) is 11.6 Å². The molecule has 0 aliphatic heterocycles. The van der Waals surface area contributed by atoms with E-state index in [9.17, 15) is 0 Å². The molecule has 0 bridgehead atoms. The molecule has 0 amide bonds. The van der Waals surface area contributed by atoms with Crippen LogP contribution in [0.3, 0.4) is 0 Å². The lowest BCUT2D eigenvalue weighted by atomic mass is 10.1. The van der Waals surface area contributed by atoms with Crippen LogP contribution in [0.4, 0.5) is 0 Å². The second-order valence-corrected chi connectivity index (χ2v) is 6.05. The van der Waals surface area contributed by atoms with Crippen molar-refractivity contribution < 1.29 is 4.74 Å². The van der Waals surface area contributed by atoms with Gasteiger partial charge in [0.25, 0.3) is 0 Å². The highest BCUT2D eigenvalue weighted by Gasteiger charge is 2.05. The molecular formula is C21H26N2O. The fourth-order valence-corrected chi connectivity index (χ4v) is 2.52. The molecule has 0 spiro atoms. The predicted molar refractivity (Wildman–Crippen MR) is 97.8 cm³/mol. The summed E-state index contributed by atoms with van der Waals surface area (Å²) in [6, 6.07) is 14.5. The summed E-state index contributed by atoms with van der Waals surface area (Å²) in [7, 11) is 0. The third kappa shape index (κ3) is 5.38. The Morgan fingerprint density at radius 1 is 1.12 bits per heavy atom. The van der Waals surface area contributed by atoms with E-state index in [-0.39, 0.29) is 5.92 Å². The molecule has 24 heavy (non-hydrogen) atoms. The lowest BCUT2D eigenvalue weighted by molar-refractivity contribution is 0.291. The van der Waals surface area contributed by atoms with Gasteiger partial charge in [-0.15, -0.1) is 0 Å². The number of rotatable bonds is 9. The third-order valence-corrected chi connectivity index (χ3v) is 4.20. The first-order chi connectivity index (χ1) is 11.8. The molecule has 0 N–H and O–H groups in total. The molecule has 1 heterocycles. The van der Waals surface area contributed by atoms with Crippen molar-refractivity contribution in [1.29, 1.82) is 5.26 Å². The monoisotopic (exact) mass is 322 g/mol. The van der Waals surface area contributed by atoms with Crippen LogP contribution in [-0.2, 0) is 6.42 Å². The summed E-state index contributed by atoms with van der Waals surface area (Å²) in [5, 5.41) is 8.94. The number of nitrogens with zero attached hydrogens (tertiary/aromatic N) is 2. The minimum atomic E-state index is 0.0831. The molecule has 0 fully saturated rings. The van der Waals surface area contributed by atoms with Gasteiger partial charge in [0.2, 0.25) is 0 Å². The van der Waals surface area contributed by atoms with Crippen molar-refractivity contribution >= 4 is 0 Å². The number of hydrogen-bond acceptors (Lipinski definition) is 3. The van der Waals surface area contributed by atoms with Gasteiger partial charge in [-0.3, -0.25) is 4.98 Å². The van der Waals surface area contributed by atoms with Gasteiger partial charge in [0.1, 0.15) is 5.75 Å². The van der Waals surface area contributed by atoms with E-state index in [1.165, 1.54) is 18.4 Å². The van der Waals surface area contributed by atoms with Gasteiger partial charge in [-0.25, -0.2) is 0 Å². The van der Waals surface area contributed by atoms with Crippen LogP contribution in [0.15, 0.2) is 42.6 Å². The number of nitriles is 1. The van der Waals surface area contributed by atoms with Crippen LogP contribution in [0.5, 0.6) is 5.75 Å². The molecule has 2 rings (SSSR count). The Labute approximate surface area is 145 Å². The standard InChI is InChI=1S/C21H26N2O/c1-3-5-6-18-7-12-21(23-16-18)19-8-10-20(11-9-19)24-14-13-17(4-2)15-22/h7-12,16-17H,3-6,13-14H2,1-2H3. The Morgan fingerprint density at radius 3 is 2.50 bits per heavy atom. The van der Waals surface area contributed by atoms with Crippen molar-refractivity contribution in [3.05, 3.63) is 48.2 Å². The first kappa shape index (κ1) is 18.0. The van der Waals surface area contributed by atoms with Crippen LogP contribution in [0.1, 0.15) is 45.1 Å². The molecule has 0 radical (unpaired) electrons. The Balaban J connectivity index is 1.90. The summed E-state index contributed by atoms with van der Waals surface area (Å²) in [5.74, 6) is 0.922. The van der Waals surface area contributed by atoms with Crippen LogP contribution >= 0.6 is 0 Å². The van der Waals surface area contributed by atoms with Gasteiger partial charge in [-0.1, -0.05) is 26.3 Å². The van der Waals surface area contributed by atoms with Gasteiger partial charge in [-0.2, -0.15) is 5.26 Å². The highest BCUT2D eigenvalue weighted by molar-refractivity contribution is 5.60. The molecule has 3 nitrogen and oxygen atoms in total. The first-order valence-electron chi connectivity index (χ1n) is 8.84. The zero-order valence-corrected chi connectivity index (χ0v) is 14.7. The van der Waals surface area contributed by atoms with Gasteiger partial charge in [0, 0.05) is 17.7 Å². The summed E-state index contributed by atoms with van der Waals surface area (Å²) in [4.78, 5) is 4.56. The van der Waals surface area contributed by atoms with Gasteiger partial charge in [0.05, 0.1) is 18.4 Å². The molecule has 1 aromatic heterocycles. The summed E-state index contributed by atoms with van der Waals surface area (Å²) < 4.78 is 5.72. The molecule has 0 aliphatic carbocycles. The second kappa shape index (κ2) is 9.72. The van der Waals surface area contributed by atoms with Crippen LogP contribution in [0.25, 0.3) is 11.3 Å². The molecule has 0 saturated carbocycles. The summed E-state index contributed by atoms with van der Waals surface area (Å²) in [6.45, 7) is 4.81. The van der Waals surface area contributed by atoms with Gasteiger partial charge < -0.3 is 4.74 Å². The van der Waals surface area contributed by atoms with E-state index in [0.29, 0.717) is 6.61 Å². The number of aryl methyl sites for hydroxylation is 1. The third-order valence-electron chi connectivity index (χ3n) is 4.20. The number of unbranched alkanes of at least 4 members (excludes halogenated alkanes) is 1. The number of benzene rings is 1. The maximum absolute atomic E-state index is 8.94. The van der Waals surface area contributed by atoms with Crippen molar-refractivity contribution in [2.75, 3.05) is 6.61 Å². The van der Waals surface area contributed by atoms with E-state index in [2.05, 4.69) is 30.1 Å². The van der Waals surface area contributed by atoms with E-state index in [4.69, 9.17) is 10.00 Å². The molecule has 1 atom stereocenters. The average Bonchev–Trinajstić information content (AvgIpc) is 2.64. The van der Waals surface area contributed by atoms with Crippen molar-refractivity contribution in [2.24, 2.45) is 5.92 Å². The topological polar surface area (TPSA) is 45.9 Å². The molecule has 1 unspecified atom stereocenters. The quantitative estimate of drug-likeness (QED) is 0.620. The Bertz CT molecular complexity index is 641. The molecule has 1 aromatic carbocycles. The van der Waals surface area contributed by atoms with Crippen molar-refractivity contribution in [3.63, 3.8) is 0 Å². The minimum absolute atomic E-state index is 0.0831. The van der Waals surface area contributed by atoms with Crippen molar-refractivity contribution in [1.82, 2.24) is 4.98 Å². The second-order valence-electron chi connectivity index (χ2n) is 6.05. The van der Waals surface area contributed by atoms with E-state index < -0.39 is 0 Å². The summed E-state index contributed by atoms with van der Waals surface area (Å²) in [5.41, 5.74) is 3.37. The zero-order chi connectivity index (χ0) is 17.2. The van der Waals surface area contributed by atoms with E-state index >= 15 is 0 Å². The Kier molecular flexibility index (Phi) is 7.29. The fourth-order valence-electron chi connectivity index (χ4n) is 2.52. The fraction of sp³-hybridized carbons (Fsp3) is 0.429. The maximum Gasteiger partial charge on any atom is 0.119 e. The highest BCUT2D eigenvalue weighted by atomic mass is 16.5. The zero-order valence-electron chi connectivity index (χ0n) is 14.7. The predicted octanol–water partition coefficient (Wildman–Crippen LogP) is 5.41. The number of pyridine rings is 1. The van der Waals surface area contributed by atoms with Crippen LogP contribution in [0, 0.1) is 17.2 Å². The first-order valence-corrected chi connectivity index (χ1v) is 8.84. The number of aromatic nitrogens is 1. The van der Waals surface area contributed by atoms with Gasteiger partial charge >= 0.3 is 0 Å². The van der Waals surface area contributed by atoms with Gasteiger partial charge in [0.15, 0.2) is 0 Å². The normalized spacial score (nSPS) is 11.7. The maximum atomic E-state index is 8.94. The Morgan fingerprint density at radius 2 is 1.92 bits per heavy atom. The molecule has 0 aliphatic rings. The summed E-state index contributed by atoms with van der Waals surface area (Å²) >= 11 is 0. The molecule has 0 saturated heterocycles. The number of ether oxygens (including phenoxy) is 1. The smallest absolute Gasteiger partial charge is 0.119 e. The van der Waals surface area contributed by atoms with E-state index in [0.717, 1.165) is 36.3 Å². The molecule has 3 heteroatoms. The van der Waals surface area contributed by atoms with Crippen LogP contribution < -0.4 is 4.74 Å². The lowest BCUT2D eigenvalue weighted by Crippen LogP contribution is -2.04. The summed E-state index contributed by atoms with van der Waals surface area (Å²) in [6.07, 6.45) is 7.13. The van der Waals surface area contributed by atoms with Crippen LogP contribution in [0.2, 0.25) is 0 Å². The number of hydrogen-bond donors (Lipinski definition) is 0. The van der Waals surface area contributed by atoms with Gasteiger partial charge in [-0.05, 0) is 61.6 Å². The Hall–Kier alpha value is -2.34. The molecule has 2 aromatic rings. The largest absolute Gasteiger partial charge is 0.494 e.